The van der Waals surface area contributed by atoms with Gasteiger partial charge in [0, 0.05) is 34.3 Å². The number of rotatable bonds is 20. The molecule has 2 aliphatic rings. The van der Waals surface area contributed by atoms with Gasteiger partial charge in [-0.1, -0.05) is 255 Å². The van der Waals surface area contributed by atoms with Gasteiger partial charge in [-0.05, 0) is 139 Å². The summed E-state index contributed by atoms with van der Waals surface area (Å²) in [5.74, 6) is 0. The SMILES string of the molecule is CCCCCCCCC1(CCCCCCCC)c2ccccc2-c2cc3c(cc21)-c1ccccc1C3(c1ccc(-c2cccc(-c3ccccn3)c2)cc1)c1ccc(-c2cccc(-c3nccc4ccccc34)c2)cc1. The Morgan fingerprint density at radius 2 is 0.855 bits per heavy atom. The first kappa shape index (κ1) is 49.2. The molecule has 0 fully saturated rings. The molecular formula is C74H70N2. The Kier molecular flexibility index (Phi) is 14.2. The van der Waals surface area contributed by atoms with Gasteiger partial charge in [0.05, 0.1) is 16.8 Å². The summed E-state index contributed by atoms with van der Waals surface area (Å²) in [7, 11) is 0. The molecule has 0 saturated carbocycles. The van der Waals surface area contributed by atoms with E-state index in [0.717, 1.165) is 22.5 Å². The molecule has 376 valence electrons. The van der Waals surface area contributed by atoms with Crippen LogP contribution in [0.2, 0.25) is 0 Å². The van der Waals surface area contributed by atoms with Crippen LogP contribution < -0.4 is 0 Å². The normalized spacial score (nSPS) is 14.8. The van der Waals surface area contributed by atoms with E-state index in [1.165, 1.54) is 167 Å². The lowest BCUT2D eigenvalue weighted by molar-refractivity contribution is 0.398. The molecule has 0 aliphatic heterocycles. The van der Waals surface area contributed by atoms with Gasteiger partial charge in [0.2, 0.25) is 0 Å². The summed E-state index contributed by atoms with van der Waals surface area (Å²) < 4.78 is 0. The highest BCUT2D eigenvalue weighted by molar-refractivity contribution is 5.96. The predicted molar refractivity (Wildman–Crippen MR) is 321 cm³/mol. The molecular weight excluding hydrogens is 917 g/mol. The van der Waals surface area contributed by atoms with Crippen molar-refractivity contribution in [2.75, 3.05) is 0 Å². The molecule has 10 aromatic rings. The van der Waals surface area contributed by atoms with Crippen LogP contribution in [0.15, 0.2) is 219 Å². The van der Waals surface area contributed by atoms with Crippen molar-refractivity contribution in [2.24, 2.45) is 0 Å². The molecule has 2 nitrogen and oxygen atoms in total. The minimum Gasteiger partial charge on any atom is -0.256 e. The molecule has 0 bridgehead atoms. The Balaban J connectivity index is 1.01. The van der Waals surface area contributed by atoms with Crippen LogP contribution in [0.1, 0.15) is 137 Å². The van der Waals surface area contributed by atoms with E-state index in [9.17, 15) is 0 Å². The average molecular weight is 987 g/mol. The van der Waals surface area contributed by atoms with Crippen LogP contribution >= 0.6 is 0 Å². The third-order valence-corrected chi connectivity index (χ3v) is 17.3. The third kappa shape index (κ3) is 9.00. The van der Waals surface area contributed by atoms with Crippen LogP contribution in [0.4, 0.5) is 0 Å². The topological polar surface area (TPSA) is 25.8 Å². The van der Waals surface area contributed by atoms with Crippen molar-refractivity contribution in [3.05, 3.63) is 252 Å². The predicted octanol–water partition coefficient (Wildman–Crippen LogP) is 20.4. The van der Waals surface area contributed by atoms with Crippen LogP contribution in [-0.2, 0) is 10.8 Å². The number of benzene rings is 8. The van der Waals surface area contributed by atoms with E-state index in [-0.39, 0.29) is 5.41 Å². The number of fused-ring (bicyclic) bond motifs is 7. The van der Waals surface area contributed by atoms with E-state index in [2.05, 4.69) is 214 Å². The summed E-state index contributed by atoms with van der Waals surface area (Å²) in [5.41, 5.74) is 22.3. The Morgan fingerprint density at radius 1 is 0.329 bits per heavy atom. The zero-order valence-electron chi connectivity index (χ0n) is 44.6. The molecule has 8 aromatic carbocycles. The van der Waals surface area contributed by atoms with E-state index < -0.39 is 5.41 Å². The zero-order chi connectivity index (χ0) is 51.3. The van der Waals surface area contributed by atoms with Gasteiger partial charge < -0.3 is 0 Å². The highest BCUT2D eigenvalue weighted by atomic mass is 14.7. The van der Waals surface area contributed by atoms with Crippen LogP contribution in [-0.4, -0.2) is 9.97 Å². The Hall–Kier alpha value is -7.68. The Labute approximate surface area is 452 Å². The second kappa shape index (κ2) is 21.9. The van der Waals surface area contributed by atoms with Gasteiger partial charge in [-0.3, -0.25) is 9.97 Å². The van der Waals surface area contributed by atoms with E-state index in [0.29, 0.717) is 0 Å². The smallest absolute Gasteiger partial charge is 0.0780 e. The Bertz CT molecular complexity index is 3600. The number of hydrogen-bond donors (Lipinski definition) is 0. The van der Waals surface area contributed by atoms with Crippen LogP contribution in [0.25, 0.3) is 77.8 Å². The van der Waals surface area contributed by atoms with Crippen molar-refractivity contribution in [1.82, 2.24) is 9.97 Å². The van der Waals surface area contributed by atoms with Crippen molar-refractivity contribution in [1.29, 1.82) is 0 Å². The monoisotopic (exact) mass is 987 g/mol. The van der Waals surface area contributed by atoms with Gasteiger partial charge in [0.1, 0.15) is 0 Å². The van der Waals surface area contributed by atoms with Crippen molar-refractivity contribution in [3.8, 4) is 67.0 Å². The molecule has 2 aromatic heterocycles. The Morgan fingerprint density at radius 3 is 1.51 bits per heavy atom. The number of pyridine rings is 2. The average Bonchev–Trinajstić information content (AvgIpc) is 4.17. The van der Waals surface area contributed by atoms with E-state index in [1.807, 2.05) is 18.5 Å². The first-order valence-corrected chi connectivity index (χ1v) is 28.7. The minimum absolute atomic E-state index is 0.0140. The number of nitrogens with zero attached hydrogens (tertiary/aromatic N) is 2. The van der Waals surface area contributed by atoms with Crippen LogP contribution in [0.5, 0.6) is 0 Å². The molecule has 2 heteroatoms. The van der Waals surface area contributed by atoms with E-state index in [4.69, 9.17) is 9.97 Å². The summed E-state index contributed by atoms with van der Waals surface area (Å²) in [4.78, 5) is 9.60. The number of unbranched alkanes of at least 4 members (excludes halogenated alkanes) is 10. The zero-order valence-corrected chi connectivity index (χ0v) is 44.6. The lowest BCUT2D eigenvalue weighted by atomic mass is 9.66. The highest BCUT2D eigenvalue weighted by Crippen LogP contribution is 2.62. The van der Waals surface area contributed by atoms with Crippen molar-refractivity contribution in [3.63, 3.8) is 0 Å². The standard InChI is InChI=1S/C74H70N2/c1-3-5-7-9-11-20-45-73(46-21-12-10-8-6-4-2)67-33-17-15-31-63(67)65-52-70-66(51-69(65)73)64-32-16-18-34-68(64)74(70,60-40-36-53(37-41-60)56-26-23-28-58(49-56)71-35-19-22-47-75-71)61-42-38-54(39-43-61)57-27-24-29-59(50-57)72-62-30-14-13-25-55(62)44-48-76-72/h13-19,22-44,47-52H,3-12,20-21,45-46H2,1-2H3. The molecule has 1 unspecified atom stereocenters. The maximum Gasteiger partial charge on any atom is 0.0780 e. The second-order valence-electron chi connectivity index (χ2n) is 21.8. The molecule has 2 aliphatic carbocycles. The van der Waals surface area contributed by atoms with Gasteiger partial charge in [0.25, 0.3) is 0 Å². The molecule has 0 N–H and O–H groups in total. The molecule has 0 radical (unpaired) electrons. The minimum atomic E-state index is -0.582. The highest BCUT2D eigenvalue weighted by Gasteiger charge is 2.50. The van der Waals surface area contributed by atoms with Crippen molar-refractivity contribution >= 4 is 10.8 Å². The largest absolute Gasteiger partial charge is 0.256 e. The van der Waals surface area contributed by atoms with Gasteiger partial charge in [-0.2, -0.15) is 0 Å². The molecule has 0 saturated heterocycles. The molecule has 0 amide bonds. The van der Waals surface area contributed by atoms with Gasteiger partial charge in [-0.25, -0.2) is 0 Å². The summed E-state index contributed by atoms with van der Waals surface area (Å²) in [6, 6.07) is 78.0. The van der Waals surface area contributed by atoms with Crippen LogP contribution in [0.3, 0.4) is 0 Å². The molecule has 76 heavy (non-hydrogen) atoms. The van der Waals surface area contributed by atoms with E-state index >= 15 is 0 Å². The fraction of sp³-hybridized carbons (Fsp3) is 0.243. The van der Waals surface area contributed by atoms with Gasteiger partial charge in [-0.15, -0.1) is 0 Å². The molecule has 12 rings (SSSR count). The molecule has 1 atom stereocenters. The summed E-state index contributed by atoms with van der Waals surface area (Å²) in [6.45, 7) is 4.65. The quantitative estimate of drug-likeness (QED) is 0.0711. The first-order valence-electron chi connectivity index (χ1n) is 28.7. The molecule has 0 spiro atoms. The number of hydrogen-bond acceptors (Lipinski definition) is 2. The summed E-state index contributed by atoms with van der Waals surface area (Å²) in [6.07, 6.45) is 21.9. The second-order valence-corrected chi connectivity index (χ2v) is 21.8. The molecule has 2 heterocycles. The summed E-state index contributed by atoms with van der Waals surface area (Å²) >= 11 is 0. The first-order chi connectivity index (χ1) is 37.6. The lowest BCUT2D eigenvalue weighted by Crippen LogP contribution is -2.29. The van der Waals surface area contributed by atoms with Crippen LogP contribution in [0, 0.1) is 0 Å². The lowest BCUT2D eigenvalue weighted by Gasteiger charge is -2.35. The van der Waals surface area contributed by atoms with E-state index in [1.54, 1.807) is 11.1 Å². The number of aromatic nitrogens is 2. The van der Waals surface area contributed by atoms with Crippen molar-refractivity contribution in [2.45, 2.75) is 115 Å². The van der Waals surface area contributed by atoms with Gasteiger partial charge >= 0.3 is 0 Å². The fourth-order valence-electron chi connectivity index (χ4n) is 13.5. The maximum absolute atomic E-state index is 4.91. The third-order valence-electron chi connectivity index (χ3n) is 17.3. The van der Waals surface area contributed by atoms with Crippen molar-refractivity contribution < 1.29 is 0 Å². The maximum atomic E-state index is 4.91. The summed E-state index contributed by atoms with van der Waals surface area (Å²) in [5, 5.41) is 2.37. The van der Waals surface area contributed by atoms with Gasteiger partial charge in [0.15, 0.2) is 0 Å². The fourth-order valence-corrected chi connectivity index (χ4v) is 13.5.